The van der Waals surface area contributed by atoms with Crippen LogP contribution in [0.25, 0.3) is 33.3 Å². The van der Waals surface area contributed by atoms with Crippen molar-refractivity contribution in [1.82, 2.24) is 24.4 Å². The van der Waals surface area contributed by atoms with Gasteiger partial charge in [-0.15, -0.1) is 0 Å². The maximum atomic E-state index is 12.5. The van der Waals surface area contributed by atoms with Crippen LogP contribution in [0, 0.1) is 0 Å². The summed E-state index contributed by atoms with van der Waals surface area (Å²) in [6.45, 7) is 5.55. The summed E-state index contributed by atoms with van der Waals surface area (Å²) < 4.78 is 7.96. The lowest BCUT2D eigenvalue weighted by Crippen LogP contribution is -2.37. The average Bonchev–Trinajstić information content (AvgIpc) is 3.63. The van der Waals surface area contributed by atoms with Crippen molar-refractivity contribution >= 4 is 39.8 Å². The van der Waals surface area contributed by atoms with E-state index in [1.165, 1.54) is 12.5 Å². The van der Waals surface area contributed by atoms with Crippen LogP contribution in [-0.4, -0.2) is 70.7 Å². The number of anilines is 4. The second-order valence-electron chi connectivity index (χ2n) is 11.4. The zero-order valence-electron chi connectivity index (χ0n) is 26.1. The molecule has 230 valence electrons. The van der Waals surface area contributed by atoms with Crippen molar-refractivity contribution in [3.8, 4) is 28.1 Å². The lowest BCUT2D eigenvalue weighted by Gasteiger charge is -2.29. The van der Waals surface area contributed by atoms with Crippen LogP contribution in [0.2, 0.25) is 0 Å². The van der Waals surface area contributed by atoms with Crippen molar-refractivity contribution in [2.45, 2.75) is 18.9 Å². The number of carbonyl (C=O) groups is 1. The molecule has 1 amide bonds. The summed E-state index contributed by atoms with van der Waals surface area (Å²) in [7, 11) is 7.86. The Hall–Kier alpha value is -5.22. The topological polar surface area (TPSA) is 100 Å². The van der Waals surface area contributed by atoms with Gasteiger partial charge in [0.25, 0.3) is 0 Å². The molecule has 6 rings (SSSR count). The quantitative estimate of drug-likeness (QED) is 0.185. The number of amides is 1. The van der Waals surface area contributed by atoms with Crippen LogP contribution in [0.15, 0.2) is 86.0 Å². The molecule has 1 saturated heterocycles. The number of para-hydroxylation sites is 1. The molecule has 2 aromatic carbocycles. The van der Waals surface area contributed by atoms with E-state index in [4.69, 9.17) is 14.7 Å². The minimum Gasteiger partial charge on any atom is -0.494 e. The van der Waals surface area contributed by atoms with E-state index in [-0.39, 0.29) is 5.91 Å². The van der Waals surface area contributed by atoms with E-state index in [1.807, 2.05) is 62.9 Å². The van der Waals surface area contributed by atoms with E-state index in [1.54, 1.807) is 13.3 Å². The van der Waals surface area contributed by atoms with Crippen molar-refractivity contribution in [2.24, 2.45) is 7.05 Å². The first kappa shape index (κ1) is 29.8. The molecule has 0 spiro atoms. The van der Waals surface area contributed by atoms with E-state index in [2.05, 4.69) is 61.9 Å². The number of nitrogens with one attached hydrogen (secondary N) is 2. The van der Waals surface area contributed by atoms with Crippen molar-refractivity contribution in [2.75, 3.05) is 49.8 Å². The molecule has 10 heteroatoms. The number of rotatable bonds is 10. The van der Waals surface area contributed by atoms with Gasteiger partial charge in [-0.25, -0.2) is 9.97 Å². The number of benzene rings is 2. The molecule has 4 heterocycles. The van der Waals surface area contributed by atoms with Crippen molar-refractivity contribution in [1.29, 1.82) is 0 Å². The highest BCUT2D eigenvalue weighted by molar-refractivity contribution is 6.02. The number of likely N-dealkylation sites (tertiary alicyclic amines) is 1. The number of ether oxygens (including phenoxy) is 1. The highest BCUT2D eigenvalue weighted by Gasteiger charge is 2.25. The summed E-state index contributed by atoms with van der Waals surface area (Å²) in [5.74, 6) is 0.687. The molecule has 0 bridgehead atoms. The van der Waals surface area contributed by atoms with Gasteiger partial charge in [0.1, 0.15) is 5.75 Å². The zero-order chi connectivity index (χ0) is 31.5. The number of fused-ring (bicyclic) bond motifs is 1. The molecule has 5 aromatic rings. The summed E-state index contributed by atoms with van der Waals surface area (Å²) in [5.41, 5.74) is 6.73. The summed E-state index contributed by atoms with van der Waals surface area (Å²) in [6, 6.07) is 16.4. The monoisotopic (exact) mass is 602 g/mol. The molecule has 3 aromatic heterocycles. The predicted octanol–water partition coefficient (Wildman–Crippen LogP) is 6.10. The number of hydrogen-bond acceptors (Lipinski definition) is 8. The Morgan fingerprint density at radius 1 is 1.13 bits per heavy atom. The normalized spacial score (nSPS) is 14.8. The Labute approximate surface area is 263 Å². The summed E-state index contributed by atoms with van der Waals surface area (Å²) in [6.07, 6.45) is 11.1. The SMILES string of the molecule is C=CC(=O)Nc1cc(Nc2ncc(-c3cccnc3)c(-c3cn(C)c4ccccc34)n2)c(OC)cc1N(C)CC1CCCN1C. The number of hydrogen-bond donors (Lipinski definition) is 2. The molecule has 1 aliphatic rings. The molecule has 45 heavy (non-hydrogen) atoms. The minimum absolute atomic E-state index is 0.297. The van der Waals surface area contributed by atoms with Gasteiger partial charge in [-0.2, -0.15) is 0 Å². The Balaban J connectivity index is 1.42. The predicted molar refractivity (Wildman–Crippen MR) is 181 cm³/mol. The van der Waals surface area contributed by atoms with Gasteiger partial charge in [-0.05, 0) is 50.7 Å². The summed E-state index contributed by atoms with van der Waals surface area (Å²) in [4.78, 5) is 31.2. The smallest absolute Gasteiger partial charge is 0.247 e. The molecule has 1 unspecified atom stereocenters. The Morgan fingerprint density at radius 2 is 1.98 bits per heavy atom. The third-order valence-corrected chi connectivity index (χ3v) is 8.49. The molecule has 1 atom stereocenters. The molecular formula is C35H38N8O2. The molecule has 0 aliphatic carbocycles. The highest BCUT2D eigenvalue weighted by Crippen LogP contribution is 2.40. The molecule has 0 saturated carbocycles. The van der Waals surface area contributed by atoms with Gasteiger partial charge in [-0.3, -0.25) is 9.78 Å². The number of aryl methyl sites for hydroxylation is 1. The van der Waals surface area contributed by atoms with Crippen LogP contribution in [-0.2, 0) is 11.8 Å². The van der Waals surface area contributed by atoms with Gasteiger partial charge in [0.05, 0.1) is 29.9 Å². The molecule has 10 nitrogen and oxygen atoms in total. The van der Waals surface area contributed by atoms with E-state index in [0.717, 1.165) is 58.5 Å². The minimum atomic E-state index is -0.297. The number of carbonyl (C=O) groups excluding carboxylic acids is 1. The second-order valence-corrected chi connectivity index (χ2v) is 11.4. The maximum absolute atomic E-state index is 12.5. The number of methoxy groups -OCH3 is 1. The number of aromatic nitrogens is 4. The van der Waals surface area contributed by atoms with E-state index in [0.29, 0.717) is 29.1 Å². The summed E-state index contributed by atoms with van der Waals surface area (Å²) in [5, 5.41) is 7.44. The third kappa shape index (κ3) is 6.09. The van der Waals surface area contributed by atoms with Crippen LogP contribution >= 0.6 is 0 Å². The van der Waals surface area contributed by atoms with Crippen LogP contribution in [0.1, 0.15) is 12.8 Å². The standard InChI is InChI=1S/C35H38N8O2/c1-6-33(44)38-28-17-29(32(45-5)18-31(28)42(3)21-24-12-10-16-41(24)2)39-35-37-20-26(23-11-9-15-36-19-23)34(40-35)27-22-43(4)30-14-8-7-13-25(27)30/h6-9,11,13-15,17-20,22,24H,1,10,12,16,21H2,2-5H3,(H,38,44)(H,37,39,40). The first-order valence-electron chi connectivity index (χ1n) is 15.0. The van der Waals surface area contributed by atoms with Gasteiger partial charge < -0.3 is 29.7 Å². The highest BCUT2D eigenvalue weighted by atomic mass is 16.5. The Kier molecular flexibility index (Phi) is 8.48. The second kappa shape index (κ2) is 12.8. The van der Waals surface area contributed by atoms with Gasteiger partial charge in [0, 0.05) is 85.1 Å². The van der Waals surface area contributed by atoms with Crippen molar-refractivity contribution in [3.05, 3.63) is 86.0 Å². The lowest BCUT2D eigenvalue weighted by molar-refractivity contribution is -0.111. The fourth-order valence-corrected chi connectivity index (χ4v) is 6.09. The molecule has 0 radical (unpaired) electrons. The van der Waals surface area contributed by atoms with Gasteiger partial charge >= 0.3 is 0 Å². The van der Waals surface area contributed by atoms with Gasteiger partial charge in [0.15, 0.2) is 0 Å². The number of pyridine rings is 1. The van der Waals surface area contributed by atoms with Crippen LogP contribution in [0.3, 0.4) is 0 Å². The Morgan fingerprint density at radius 3 is 2.71 bits per heavy atom. The summed E-state index contributed by atoms with van der Waals surface area (Å²) >= 11 is 0. The fraction of sp³-hybridized carbons (Fsp3) is 0.257. The van der Waals surface area contributed by atoms with Gasteiger partial charge in [-0.1, -0.05) is 30.8 Å². The van der Waals surface area contributed by atoms with Crippen LogP contribution in [0.5, 0.6) is 5.75 Å². The lowest BCUT2D eigenvalue weighted by atomic mass is 10.0. The third-order valence-electron chi connectivity index (χ3n) is 8.49. The van der Waals surface area contributed by atoms with Gasteiger partial charge in [0.2, 0.25) is 11.9 Å². The van der Waals surface area contributed by atoms with E-state index >= 15 is 0 Å². The zero-order valence-corrected chi connectivity index (χ0v) is 26.1. The molecule has 1 fully saturated rings. The molecule has 1 aliphatic heterocycles. The van der Waals surface area contributed by atoms with E-state index < -0.39 is 0 Å². The number of likely N-dealkylation sites (N-methyl/N-ethyl adjacent to an activating group) is 2. The number of nitrogens with zero attached hydrogens (tertiary/aromatic N) is 6. The molecular weight excluding hydrogens is 564 g/mol. The van der Waals surface area contributed by atoms with E-state index in [9.17, 15) is 4.79 Å². The average molecular weight is 603 g/mol. The van der Waals surface area contributed by atoms with Crippen LogP contribution in [0.4, 0.5) is 23.0 Å². The van der Waals surface area contributed by atoms with Crippen molar-refractivity contribution < 1.29 is 9.53 Å². The van der Waals surface area contributed by atoms with Crippen LogP contribution < -0.4 is 20.3 Å². The fourth-order valence-electron chi connectivity index (χ4n) is 6.09. The largest absolute Gasteiger partial charge is 0.494 e. The first-order valence-corrected chi connectivity index (χ1v) is 15.0. The maximum Gasteiger partial charge on any atom is 0.247 e. The Bertz CT molecular complexity index is 1850. The van der Waals surface area contributed by atoms with Crippen molar-refractivity contribution in [3.63, 3.8) is 0 Å². The first-order chi connectivity index (χ1) is 21.9. The molecule has 2 N–H and O–H groups in total.